The minimum absolute atomic E-state index is 0.473. The van der Waals surface area contributed by atoms with Crippen LogP contribution in [0, 0.1) is 0 Å². The molecule has 5 nitrogen and oxygen atoms in total. The van der Waals surface area contributed by atoms with Gasteiger partial charge >= 0.3 is 5.97 Å². The highest BCUT2D eigenvalue weighted by Gasteiger charge is 2.12. The molecule has 0 fully saturated rings. The Morgan fingerprint density at radius 2 is 2.04 bits per heavy atom. The number of fused-ring (bicyclic) bond motifs is 1. The van der Waals surface area contributed by atoms with Crippen molar-refractivity contribution in [1.29, 1.82) is 0 Å². The number of hydrogen-bond donors (Lipinski definition) is 1. The van der Waals surface area contributed by atoms with Crippen LogP contribution in [0.15, 0.2) is 66.9 Å². The molecule has 0 aliphatic heterocycles. The number of imidazole rings is 1. The molecule has 0 radical (unpaired) electrons. The van der Waals surface area contributed by atoms with Gasteiger partial charge in [0.1, 0.15) is 18.0 Å². The van der Waals surface area contributed by atoms with E-state index in [1.54, 1.807) is 6.08 Å². The third-order valence-electron chi connectivity index (χ3n) is 3.56. The SMILES string of the molecule is C=C(C)COc1ccc(-c2nc3ccccn3c2/C=C/C(=O)O)cc1. The largest absolute Gasteiger partial charge is 0.489 e. The zero-order valence-corrected chi connectivity index (χ0v) is 13.8. The summed E-state index contributed by atoms with van der Waals surface area (Å²) in [4.78, 5) is 15.5. The zero-order chi connectivity index (χ0) is 17.8. The molecular formula is C20H18N2O3. The summed E-state index contributed by atoms with van der Waals surface area (Å²) in [7, 11) is 0. The normalized spacial score (nSPS) is 11.1. The standard InChI is InChI=1S/C20H18N2O3/c1-14(2)13-25-16-8-6-15(7-9-16)20-17(10-11-19(23)24)22-12-4-3-5-18(22)21-20/h3-12H,1,13H2,2H3,(H,23,24)/b11-10+. The van der Waals surface area contributed by atoms with Crippen molar-refractivity contribution in [3.63, 3.8) is 0 Å². The topological polar surface area (TPSA) is 63.8 Å². The van der Waals surface area contributed by atoms with E-state index < -0.39 is 5.97 Å². The number of hydrogen-bond acceptors (Lipinski definition) is 3. The van der Waals surface area contributed by atoms with Gasteiger partial charge in [0.25, 0.3) is 0 Å². The molecule has 0 aliphatic carbocycles. The zero-order valence-electron chi connectivity index (χ0n) is 13.8. The molecule has 2 heterocycles. The molecule has 25 heavy (non-hydrogen) atoms. The minimum atomic E-state index is -1.000. The monoisotopic (exact) mass is 334 g/mol. The fraction of sp³-hybridized carbons (Fsp3) is 0.100. The second-order valence-electron chi connectivity index (χ2n) is 5.72. The summed E-state index contributed by atoms with van der Waals surface area (Å²) in [6.45, 7) is 6.19. The van der Waals surface area contributed by atoms with Crippen molar-refractivity contribution in [3.8, 4) is 17.0 Å². The van der Waals surface area contributed by atoms with E-state index in [9.17, 15) is 4.79 Å². The van der Waals surface area contributed by atoms with Crippen LogP contribution in [0.1, 0.15) is 12.6 Å². The van der Waals surface area contributed by atoms with E-state index in [4.69, 9.17) is 9.84 Å². The number of rotatable bonds is 6. The summed E-state index contributed by atoms with van der Waals surface area (Å²) >= 11 is 0. The first kappa shape index (κ1) is 16.5. The second kappa shape index (κ2) is 7.05. The van der Waals surface area contributed by atoms with Crippen LogP contribution < -0.4 is 4.74 Å². The number of nitrogens with zero attached hydrogens (tertiary/aromatic N) is 2. The molecule has 0 spiro atoms. The molecule has 0 amide bonds. The highest BCUT2D eigenvalue weighted by molar-refractivity contribution is 5.87. The number of aliphatic carboxylic acids is 1. The predicted octanol–water partition coefficient (Wildman–Crippen LogP) is 4.05. The van der Waals surface area contributed by atoms with Crippen molar-refractivity contribution in [2.75, 3.05) is 6.61 Å². The third kappa shape index (κ3) is 3.77. The van der Waals surface area contributed by atoms with Crippen molar-refractivity contribution in [1.82, 2.24) is 9.38 Å². The van der Waals surface area contributed by atoms with Gasteiger partial charge in [0, 0.05) is 17.8 Å². The Morgan fingerprint density at radius 1 is 1.28 bits per heavy atom. The van der Waals surface area contributed by atoms with Crippen LogP contribution in [0.3, 0.4) is 0 Å². The van der Waals surface area contributed by atoms with E-state index in [1.807, 2.05) is 60.0 Å². The molecule has 0 saturated heterocycles. The van der Waals surface area contributed by atoms with Gasteiger partial charge in [-0.1, -0.05) is 12.6 Å². The van der Waals surface area contributed by atoms with E-state index in [2.05, 4.69) is 11.6 Å². The van der Waals surface area contributed by atoms with Crippen LogP contribution >= 0.6 is 0 Å². The predicted molar refractivity (Wildman–Crippen MR) is 97.6 cm³/mol. The summed E-state index contributed by atoms with van der Waals surface area (Å²) in [6.07, 6.45) is 4.53. The van der Waals surface area contributed by atoms with Crippen molar-refractivity contribution in [2.24, 2.45) is 0 Å². The lowest BCUT2D eigenvalue weighted by Gasteiger charge is -2.06. The van der Waals surface area contributed by atoms with E-state index in [0.717, 1.165) is 34.3 Å². The number of pyridine rings is 1. The lowest BCUT2D eigenvalue weighted by molar-refractivity contribution is -0.131. The van der Waals surface area contributed by atoms with Crippen LogP contribution in [0.25, 0.3) is 23.0 Å². The molecule has 0 unspecified atom stereocenters. The molecule has 3 aromatic rings. The van der Waals surface area contributed by atoms with Gasteiger partial charge in [-0.3, -0.25) is 4.40 Å². The number of carboxylic acid groups (broad SMARTS) is 1. The minimum Gasteiger partial charge on any atom is -0.489 e. The Balaban J connectivity index is 2.01. The van der Waals surface area contributed by atoms with E-state index in [0.29, 0.717) is 12.3 Å². The van der Waals surface area contributed by atoms with Gasteiger partial charge in [0.2, 0.25) is 0 Å². The first-order valence-electron chi connectivity index (χ1n) is 7.80. The fourth-order valence-electron chi connectivity index (χ4n) is 2.45. The number of carboxylic acids is 1. The summed E-state index contributed by atoms with van der Waals surface area (Å²) in [5.74, 6) is -0.251. The van der Waals surface area contributed by atoms with Crippen molar-refractivity contribution >= 4 is 17.7 Å². The quantitative estimate of drug-likeness (QED) is 0.545. The molecule has 3 rings (SSSR count). The Kier molecular flexibility index (Phi) is 4.66. The average Bonchev–Trinajstić information content (AvgIpc) is 2.97. The highest BCUT2D eigenvalue weighted by Crippen LogP contribution is 2.27. The first-order valence-corrected chi connectivity index (χ1v) is 7.80. The molecule has 0 atom stereocenters. The van der Waals surface area contributed by atoms with Gasteiger partial charge in [-0.2, -0.15) is 0 Å². The molecular weight excluding hydrogens is 316 g/mol. The molecule has 1 aromatic carbocycles. The highest BCUT2D eigenvalue weighted by atomic mass is 16.5. The van der Waals surface area contributed by atoms with Crippen LogP contribution in [0.5, 0.6) is 5.75 Å². The van der Waals surface area contributed by atoms with Crippen molar-refractivity contribution in [2.45, 2.75) is 6.92 Å². The van der Waals surface area contributed by atoms with E-state index in [1.165, 1.54) is 0 Å². The Bertz CT molecular complexity index is 953. The molecule has 0 bridgehead atoms. The average molecular weight is 334 g/mol. The Hall–Kier alpha value is -3.34. The van der Waals surface area contributed by atoms with Gasteiger partial charge in [0.05, 0.1) is 11.4 Å². The molecule has 5 heteroatoms. The summed E-state index contributed by atoms with van der Waals surface area (Å²) in [6, 6.07) is 13.2. The first-order chi connectivity index (χ1) is 12.0. The van der Waals surface area contributed by atoms with E-state index in [-0.39, 0.29) is 0 Å². The van der Waals surface area contributed by atoms with Gasteiger partial charge in [0.15, 0.2) is 0 Å². The van der Waals surface area contributed by atoms with Gasteiger partial charge in [-0.25, -0.2) is 9.78 Å². The summed E-state index contributed by atoms with van der Waals surface area (Å²) < 4.78 is 7.47. The second-order valence-corrected chi connectivity index (χ2v) is 5.72. The smallest absolute Gasteiger partial charge is 0.328 e. The molecule has 126 valence electrons. The van der Waals surface area contributed by atoms with Crippen LogP contribution in [-0.4, -0.2) is 27.1 Å². The molecule has 1 N–H and O–H groups in total. The van der Waals surface area contributed by atoms with Crippen molar-refractivity contribution < 1.29 is 14.6 Å². The van der Waals surface area contributed by atoms with Crippen LogP contribution in [-0.2, 0) is 4.79 Å². The number of aromatic nitrogens is 2. The van der Waals surface area contributed by atoms with Crippen LogP contribution in [0.4, 0.5) is 0 Å². The van der Waals surface area contributed by atoms with Crippen molar-refractivity contribution in [3.05, 3.63) is 72.6 Å². The lowest BCUT2D eigenvalue weighted by Crippen LogP contribution is -1.97. The fourth-order valence-corrected chi connectivity index (χ4v) is 2.45. The van der Waals surface area contributed by atoms with E-state index >= 15 is 0 Å². The Morgan fingerprint density at radius 3 is 2.72 bits per heavy atom. The molecule has 0 aliphatic rings. The van der Waals surface area contributed by atoms with Gasteiger partial charge in [-0.05, 0) is 55.0 Å². The molecule has 2 aromatic heterocycles. The maximum Gasteiger partial charge on any atom is 0.328 e. The summed E-state index contributed by atoms with van der Waals surface area (Å²) in [5, 5.41) is 8.95. The maximum atomic E-state index is 10.9. The number of ether oxygens (including phenoxy) is 1. The Labute approximate surface area is 145 Å². The third-order valence-corrected chi connectivity index (χ3v) is 3.56. The molecule has 0 saturated carbocycles. The summed E-state index contributed by atoms with van der Waals surface area (Å²) in [5.41, 5.74) is 4.02. The maximum absolute atomic E-state index is 10.9. The lowest BCUT2D eigenvalue weighted by atomic mass is 10.1. The van der Waals surface area contributed by atoms with Gasteiger partial charge < -0.3 is 9.84 Å². The van der Waals surface area contributed by atoms with Crippen LogP contribution in [0.2, 0.25) is 0 Å². The number of carbonyl (C=O) groups is 1. The number of benzene rings is 1. The van der Waals surface area contributed by atoms with Gasteiger partial charge in [-0.15, -0.1) is 0 Å².